The number of nitrogens with one attached hydrogen (secondary N) is 2. The molecule has 0 aliphatic heterocycles. The van der Waals surface area contributed by atoms with Gasteiger partial charge in [-0.05, 0) is 24.3 Å². The molecule has 0 aliphatic rings. The highest BCUT2D eigenvalue weighted by atomic mass is 35.5. The van der Waals surface area contributed by atoms with Gasteiger partial charge in [0, 0.05) is 6.07 Å². The van der Waals surface area contributed by atoms with Crippen molar-refractivity contribution in [1.82, 2.24) is 4.98 Å². The molecule has 2 aromatic rings. The normalized spacial score (nSPS) is 11.2. The van der Waals surface area contributed by atoms with E-state index in [-0.39, 0.29) is 16.4 Å². The van der Waals surface area contributed by atoms with Crippen LogP contribution in [0.3, 0.4) is 0 Å². The maximum atomic E-state index is 12.6. The summed E-state index contributed by atoms with van der Waals surface area (Å²) in [5, 5.41) is 2.18. The molecule has 0 radical (unpaired) electrons. The van der Waals surface area contributed by atoms with Gasteiger partial charge in [0.05, 0.1) is 16.3 Å². The van der Waals surface area contributed by atoms with Crippen LogP contribution in [0.15, 0.2) is 41.2 Å². The van der Waals surface area contributed by atoms with E-state index in [4.69, 9.17) is 11.6 Å². The van der Waals surface area contributed by atoms with Gasteiger partial charge in [-0.2, -0.15) is 13.2 Å². The fourth-order valence-electron chi connectivity index (χ4n) is 1.57. The summed E-state index contributed by atoms with van der Waals surface area (Å²) in [4.78, 5) is 25.2. The van der Waals surface area contributed by atoms with Crippen molar-refractivity contribution in [2.45, 2.75) is 6.18 Å². The second-order valence-corrected chi connectivity index (χ2v) is 4.48. The van der Waals surface area contributed by atoms with E-state index in [1.807, 2.05) is 0 Å². The molecule has 0 saturated heterocycles. The highest BCUT2D eigenvalue weighted by Crippen LogP contribution is 2.33. The second-order valence-electron chi connectivity index (χ2n) is 4.08. The van der Waals surface area contributed by atoms with Crippen LogP contribution in [-0.2, 0) is 6.18 Å². The largest absolute Gasteiger partial charge is 0.416 e. The minimum Gasteiger partial charge on any atom is -0.319 e. The monoisotopic (exact) mass is 316 g/mol. The van der Waals surface area contributed by atoms with Gasteiger partial charge in [-0.3, -0.25) is 9.59 Å². The Kier molecular flexibility index (Phi) is 4.04. The number of anilines is 1. The highest BCUT2D eigenvalue weighted by Gasteiger charge is 2.31. The average Bonchev–Trinajstić information content (AvgIpc) is 2.40. The van der Waals surface area contributed by atoms with Gasteiger partial charge >= 0.3 is 6.18 Å². The third kappa shape index (κ3) is 3.63. The van der Waals surface area contributed by atoms with Crippen LogP contribution in [0.1, 0.15) is 16.1 Å². The summed E-state index contributed by atoms with van der Waals surface area (Å²) < 4.78 is 37.8. The molecule has 1 amide bonds. The quantitative estimate of drug-likeness (QED) is 0.893. The van der Waals surface area contributed by atoms with E-state index < -0.39 is 23.2 Å². The average molecular weight is 317 g/mol. The van der Waals surface area contributed by atoms with E-state index in [0.717, 1.165) is 18.2 Å². The van der Waals surface area contributed by atoms with Gasteiger partial charge in [0.2, 0.25) is 5.56 Å². The fourth-order valence-corrected chi connectivity index (χ4v) is 1.73. The van der Waals surface area contributed by atoms with Crippen LogP contribution in [-0.4, -0.2) is 10.9 Å². The molecule has 21 heavy (non-hydrogen) atoms. The van der Waals surface area contributed by atoms with Gasteiger partial charge in [0.25, 0.3) is 5.91 Å². The summed E-state index contributed by atoms with van der Waals surface area (Å²) in [6, 6.07) is 6.44. The summed E-state index contributed by atoms with van der Waals surface area (Å²) in [6.07, 6.45) is -4.55. The van der Waals surface area contributed by atoms with Crippen LogP contribution in [0.4, 0.5) is 18.9 Å². The number of carbonyl (C=O) groups is 1. The second kappa shape index (κ2) is 5.61. The number of aromatic amines is 1. The topological polar surface area (TPSA) is 62.0 Å². The lowest BCUT2D eigenvalue weighted by Crippen LogP contribution is -2.18. The molecule has 2 N–H and O–H groups in total. The first kappa shape index (κ1) is 15.1. The Morgan fingerprint density at radius 1 is 1.19 bits per heavy atom. The van der Waals surface area contributed by atoms with Crippen molar-refractivity contribution in [2.75, 3.05) is 5.32 Å². The molecular formula is C13H8ClF3N2O2. The SMILES string of the molecule is O=C(Nc1cc(C(F)(F)F)ccc1Cl)c1cccc(=O)[nH]1. The van der Waals surface area contributed by atoms with E-state index in [0.29, 0.717) is 0 Å². The third-order valence-corrected chi connectivity index (χ3v) is 2.88. The summed E-state index contributed by atoms with van der Waals surface area (Å²) in [5.41, 5.74) is -1.72. The first-order valence-electron chi connectivity index (χ1n) is 5.65. The Hall–Kier alpha value is -2.28. The van der Waals surface area contributed by atoms with Crippen molar-refractivity contribution < 1.29 is 18.0 Å². The zero-order chi connectivity index (χ0) is 15.6. The predicted octanol–water partition coefficient (Wildman–Crippen LogP) is 3.30. The van der Waals surface area contributed by atoms with Gasteiger partial charge in [0.1, 0.15) is 5.69 Å². The zero-order valence-corrected chi connectivity index (χ0v) is 11.0. The van der Waals surface area contributed by atoms with E-state index in [9.17, 15) is 22.8 Å². The minimum atomic E-state index is -4.55. The Labute approximate surface area is 121 Å². The summed E-state index contributed by atoms with van der Waals surface area (Å²) in [5.74, 6) is -0.770. The van der Waals surface area contributed by atoms with Gasteiger partial charge in [-0.15, -0.1) is 0 Å². The number of aromatic nitrogens is 1. The van der Waals surface area contributed by atoms with Crippen LogP contribution in [0.25, 0.3) is 0 Å². The van der Waals surface area contributed by atoms with Gasteiger partial charge in [-0.25, -0.2) is 0 Å². The molecule has 1 aromatic carbocycles. The molecule has 0 bridgehead atoms. The fraction of sp³-hybridized carbons (Fsp3) is 0.0769. The van der Waals surface area contributed by atoms with Crippen LogP contribution in [0.2, 0.25) is 5.02 Å². The molecule has 0 atom stereocenters. The smallest absolute Gasteiger partial charge is 0.319 e. The minimum absolute atomic E-state index is 0.0466. The molecule has 8 heteroatoms. The van der Waals surface area contributed by atoms with Crippen molar-refractivity contribution in [3.05, 3.63) is 63.0 Å². The first-order chi connectivity index (χ1) is 9.77. The van der Waals surface area contributed by atoms with Gasteiger partial charge < -0.3 is 10.3 Å². The number of benzene rings is 1. The number of amides is 1. The molecule has 0 unspecified atom stereocenters. The summed E-state index contributed by atoms with van der Waals surface area (Å²) >= 11 is 5.76. The maximum absolute atomic E-state index is 12.6. The first-order valence-corrected chi connectivity index (χ1v) is 6.02. The Balaban J connectivity index is 2.31. The molecule has 0 aliphatic carbocycles. The number of pyridine rings is 1. The van der Waals surface area contributed by atoms with Crippen LogP contribution < -0.4 is 10.9 Å². The molecule has 0 saturated carbocycles. The summed E-state index contributed by atoms with van der Waals surface area (Å²) in [7, 11) is 0. The standard InChI is InChI=1S/C13H8ClF3N2O2/c14-8-5-4-7(13(15,16)17)6-10(8)19-12(21)9-2-1-3-11(20)18-9/h1-6H,(H,18,20)(H,19,21). The van der Waals surface area contributed by atoms with Gasteiger partial charge in [-0.1, -0.05) is 17.7 Å². The predicted molar refractivity (Wildman–Crippen MR) is 71.5 cm³/mol. The number of halogens is 4. The molecule has 1 aromatic heterocycles. The Bertz CT molecular complexity index is 741. The molecule has 2 rings (SSSR count). The molecule has 4 nitrogen and oxygen atoms in total. The van der Waals surface area contributed by atoms with Crippen molar-refractivity contribution in [1.29, 1.82) is 0 Å². The Morgan fingerprint density at radius 3 is 2.52 bits per heavy atom. The molecular weight excluding hydrogens is 309 g/mol. The molecule has 110 valence electrons. The van der Waals surface area contributed by atoms with Crippen molar-refractivity contribution in [2.24, 2.45) is 0 Å². The molecule has 0 spiro atoms. The maximum Gasteiger partial charge on any atom is 0.416 e. The lowest BCUT2D eigenvalue weighted by molar-refractivity contribution is -0.137. The third-order valence-electron chi connectivity index (χ3n) is 2.55. The number of H-pyrrole nitrogens is 1. The van der Waals surface area contributed by atoms with E-state index in [1.54, 1.807) is 0 Å². The van der Waals surface area contributed by atoms with Crippen LogP contribution in [0.5, 0.6) is 0 Å². The van der Waals surface area contributed by atoms with Crippen LogP contribution in [0, 0.1) is 0 Å². The zero-order valence-electron chi connectivity index (χ0n) is 10.3. The summed E-state index contributed by atoms with van der Waals surface area (Å²) in [6.45, 7) is 0. The van der Waals surface area contributed by atoms with Gasteiger partial charge in [0.15, 0.2) is 0 Å². The number of alkyl halides is 3. The number of hydrogen-bond acceptors (Lipinski definition) is 2. The van der Waals surface area contributed by atoms with Crippen molar-refractivity contribution in [3.63, 3.8) is 0 Å². The molecule has 1 heterocycles. The van der Waals surface area contributed by atoms with E-state index >= 15 is 0 Å². The number of rotatable bonds is 2. The highest BCUT2D eigenvalue weighted by molar-refractivity contribution is 6.33. The lowest BCUT2D eigenvalue weighted by Gasteiger charge is -2.11. The van der Waals surface area contributed by atoms with E-state index in [2.05, 4.69) is 10.3 Å². The molecule has 0 fully saturated rings. The lowest BCUT2D eigenvalue weighted by atomic mass is 10.2. The number of hydrogen-bond donors (Lipinski definition) is 2. The van der Waals surface area contributed by atoms with E-state index in [1.165, 1.54) is 18.2 Å². The van der Waals surface area contributed by atoms with Crippen LogP contribution >= 0.6 is 11.6 Å². The van der Waals surface area contributed by atoms with Crippen molar-refractivity contribution >= 4 is 23.2 Å². The van der Waals surface area contributed by atoms with Crippen molar-refractivity contribution in [3.8, 4) is 0 Å². The Morgan fingerprint density at radius 2 is 1.90 bits per heavy atom. The number of carbonyl (C=O) groups excluding carboxylic acids is 1.